The minimum Gasteiger partial charge on any atom is -0.492 e. The third-order valence-electron chi connectivity index (χ3n) is 6.56. The first-order chi connectivity index (χ1) is 16.1. The molecule has 0 spiro atoms. The SMILES string of the molecule is Cc1ccc(OCCn2c(C3CC(=O)N(C(C)c4ccccc4)C3)nc3ccccc32)cc1. The molecule has 5 rings (SSSR count). The van der Waals surface area contributed by atoms with E-state index in [1.807, 2.05) is 53.4 Å². The molecule has 2 atom stereocenters. The van der Waals surface area contributed by atoms with Crippen molar-refractivity contribution in [1.82, 2.24) is 14.5 Å². The Morgan fingerprint density at radius 1 is 1.00 bits per heavy atom. The van der Waals surface area contributed by atoms with Crippen LogP contribution in [0.4, 0.5) is 0 Å². The molecule has 33 heavy (non-hydrogen) atoms. The number of nitrogens with zero attached hydrogens (tertiary/aromatic N) is 3. The number of para-hydroxylation sites is 2. The second kappa shape index (κ2) is 9.10. The Hall–Kier alpha value is -3.60. The summed E-state index contributed by atoms with van der Waals surface area (Å²) in [5.74, 6) is 2.09. The number of fused-ring (bicyclic) bond motifs is 1. The summed E-state index contributed by atoms with van der Waals surface area (Å²) in [6.07, 6.45) is 0.485. The third kappa shape index (κ3) is 4.36. The predicted molar refractivity (Wildman–Crippen MR) is 130 cm³/mol. The molecule has 0 radical (unpaired) electrons. The van der Waals surface area contributed by atoms with Crippen molar-refractivity contribution in [1.29, 1.82) is 0 Å². The summed E-state index contributed by atoms with van der Waals surface area (Å²) in [5.41, 5.74) is 4.42. The van der Waals surface area contributed by atoms with Gasteiger partial charge in [0.1, 0.15) is 18.2 Å². The van der Waals surface area contributed by atoms with E-state index in [2.05, 4.69) is 48.7 Å². The lowest BCUT2D eigenvalue weighted by atomic mass is 10.1. The fraction of sp³-hybridized carbons (Fsp3) is 0.286. The molecule has 2 unspecified atom stereocenters. The second-order valence-corrected chi connectivity index (χ2v) is 8.81. The molecular formula is C28H29N3O2. The van der Waals surface area contributed by atoms with Gasteiger partial charge in [-0.1, -0.05) is 60.2 Å². The zero-order valence-corrected chi connectivity index (χ0v) is 19.1. The van der Waals surface area contributed by atoms with Crippen LogP contribution in [0.2, 0.25) is 0 Å². The van der Waals surface area contributed by atoms with Gasteiger partial charge in [0.15, 0.2) is 0 Å². The molecule has 1 aromatic heterocycles. The molecule has 168 valence electrons. The van der Waals surface area contributed by atoms with Crippen molar-refractivity contribution in [2.75, 3.05) is 13.2 Å². The van der Waals surface area contributed by atoms with Gasteiger partial charge in [-0.25, -0.2) is 4.98 Å². The minimum absolute atomic E-state index is 0.0476. The van der Waals surface area contributed by atoms with Crippen molar-refractivity contribution < 1.29 is 9.53 Å². The number of ether oxygens (including phenoxy) is 1. The van der Waals surface area contributed by atoms with Crippen LogP contribution in [0.5, 0.6) is 5.75 Å². The lowest BCUT2D eigenvalue weighted by Gasteiger charge is -2.25. The number of amides is 1. The highest BCUT2D eigenvalue weighted by molar-refractivity contribution is 5.81. The molecule has 0 aliphatic carbocycles. The van der Waals surface area contributed by atoms with Crippen molar-refractivity contribution >= 4 is 16.9 Å². The van der Waals surface area contributed by atoms with Crippen molar-refractivity contribution in [3.63, 3.8) is 0 Å². The van der Waals surface area contributed by atoms with E-state index in [0.717, 1.165) is 28.2 Å². The molecule has 0 saturated carbocycles. The van der Waals surface area contributed by atoms with Crippen molar-refractivity contribution in [2.24, 2.45) is 0 Å². The van der Waals surface area contributed by atoms with E-state index in [1.54, 1.807) is 0 Å². The Morgan fingerprint density at radius 3 is 2.52 bits per heavy atom. The molecule has 1 aliphatic heterocycles. The van der Waals surface area contributed by atoms with Crippen LogP contribution >= 0.6 is 0 Å². The maximum atomic E-state index is 13.0. The molecule has 0 bridgehead atoms. The van der Waals surface area contributed by atoms with Crippen LogP contribution in [0.1, 0.15) is 42.3 Å². The topological polar surface area (TPSA) is 47.4 Å². The molecule has 5 heteroatoms. The minimum atomic E-state index is 0.0476. The Balaban J connectivity index is 1.37. The standard InChI is InChI=1S/C28H29N3O2/c1-20-12-14-24(15-13-20)33-17-16-30-26-11-7-6-10-25(26)29-28(30)23-18-27(32)31(19-23)21(2)22-8-4-3-5-9-22/h3-15,21,23H,16-19H2,1-2H3. The highest BCUT2D eigenvalue weighted by atomic mass is 16.5. The number of imidazole rings is 1. The van der Waals surface area contributed by atoms with Gasteiger partial charge in [-0.15, -0.1) is 0 Å². The molecule has 1 aliphatic rings. The first kappa shape index (κ1) is 21.3. The van der Waals surface area contributed by atoms with Gasteiger partial charge in [-0.3, -0.25) is 4.79 Å². The number of aromatic nitrogens is 2. The van der Waals surface area contributed by atoms with Crippen LogP contribution in [0.25, 0.3) is 11.0 Å². The van der Waals surface area contributed by atoms with Gasteiger partial charge in [0.2, 0.25) is 5.91 Å². The number of likely N-dealkylation sites (tertiary alicyclic amines) is 1. The third-order valence-corrected chi connectivity index (χ3v) is 6.56. The van der Waals surface area contributed by atoms with Gasteiger partial charge in [0, 0.05) is 18.9 Å². The van der Waals surface area contributed by atoms with Crippen molar-refractivity contribution in [2.45, 2.75) is 38.8 Å². The van der Waals surface area contributed by atoms with E-state index in [4.69, 9.17) is 9.72 Å². The molecule has 0 N–H and O–H groups in total. The smallest absolute Gasteiger partial charge is 0.223 e. The summed E-state index contributed by atoms with van der Waals surface area (Å²) >= 11 is 0. The maximum Gasteiger partial charge on any atom is 0.223 e. The normalized spacial score (nSPS) is 17.0. The monoisotopic (exact) mass is 439 g/mol. The Labute approximate surface area is 194 Å². The average Bonchev–Trinajstić information content (AvgIpc) is 3.41. The summed E-state index contributed by atoms with van der Waals surface area (Å²) in [7, 11) is 0. The largest absolute Gasteiger partial charge is 0.492 e. The highest BCUT2D eigenvalue weighted by Crippen LogP contribution is 2.35. The highest BCUT2D eigenvalue weighted by Gasteiger charge is 2.36. The lowest BCUT2D eigenvalue weighted by Crippen LogP contribution is -2.28. The van der Waals surface area contributed by atoms with E-state index < -0.39 is 0 Å². The first-order valence-corrected chi connectivity index (χ1v) is 11.6. The summed E-state index contributed by atoms with van der Waals surface area (Å²) in [6, 6.07) is 26.6. The van der Waals surface area contributed by atoms with E-state index in [-0.39, 0.29) is 17.9 Å². The molecule has 1 saturated heterocycles. The predicted octanol–water partition coefficient (Wildman–Crippen LogP) is 5.50. The quantitative estimate of drug-likeness (QED) is 0.382. The summed E-state index contributed by atoms with van der Waals surface area (Å²) in [6.45, 7) is 6.08. The van der Waals surface area contributed by atoms with Gasteiger partial charge < -0.3 is 14.2 Å². The van der Waals surface area contributed by atoms with Gasteiger partial charge in [-0.05, 0) is 43.7 Å². The van der Waals surface area contributed by atoms with Crippen LogP contribution in [-0.2, 0) is 11.3 Å². The Morgan fingerprint density at radius 2 is 1.73 bits per heavy atom. The van der Waals surface area contributed by atoms with Crippen LogP contribution < -0.4 is 4.74 Å². The van der Waals surface area contributed by atoms with Gasteiger partial charge in [0.25, 0.3) is 0 Å². The van der Waals surface area contributed by atoms with Crippen LogP contribution in [0, 0.1) is 6.92 Å². The number of carbonyl (C=O) groups is 1. The fourth-order valence-electron chi connectivity index (χ4n) is 4.72. The zero-order chi connectivity index (χ0) is 22.8. The lowest BCUT2D eigenvalue weighted by molar-refractivity contribution is -0.129. The number of benzene rings is 3. The summed E-state index contributed by atoms with van der Waals surface area (Å²) in [4.78, 5) is 19.9. The molecule has 3 aromatic carbocycles. The molecule has 1 amide bonds. The van der Waals surface area contributed by atoms with Gasteiger partial charge in [-0.2, -0.15) is 0 Å². The summed E-state index contributed by atoms with van der Waals surface area (Å²) < 4.78 is 8.25. The van der Waals surface area contributed by atoms with E-state index in [1.165, 1.54) is 5.56 Å². The number of carbonyl (C=O) groups excluding carboxylic acids is 1. The Bertz CT molecular complexity index is 1250. The van der Waals surface area contributed by atoms with Crippen LogP contribution in [0.15, 0.2) is 78.9 Å². The summed E-state index contributed by atoms with van der Waals surface area (Å²) in [5, 5.41) is 0. The second-order valence-electron chi connectivity index (χ2n) is 8.81. The molecule has 1 fully saturated rings. The molecule has 4 aromatic rings. The van der Waals surface area contributed by atoms with Gasteiger partial charge in [0.05, 0.1) is 23.6 Å². The maximum absolute atomic E-state index is 13.0. The van der Waals surface area contributed by atoms with E-state index >= 15 is 0 Å². The molecule has 5 nitrogen and oxygen atoms in total. The van der Waals surface area contributed by atoms with Gasteiger partial charge >= 0.3 is 0 Å². The zero-order valence-electron chi connectivity index (χ0n) is 19.1. The van der Waals surface area contributed by atoms with Crippen LogP contribution in [-0.4, -0.2) is 33.5 Å². The fourth-order valence-corrected chi connectivity index (χ4v) is 4.72. The number of hydrogen-bond acceptors (Lipinski definition) is 3. The molecule has 2 heterocycles. The average molecular weight is 440 g/mol. The first-order valence-electron chi connectivity index (χ1n) is 11.6. The van der Waals surface area contributed by atoms with Crippen LogP contribution in [0.3, 0.4) is 0 Å². The number of hydrogen-bond donors (Lipinski definition) is 0. The number of rotatable bonds is 7. The van der Waals surface area contributed by atoms with E-state index in [0.29, 0.717) is 26.1 Å². The number of aryl methyl sites for hydroxylation is 1. The molecular weight excluding hydrogens is 410 g/mol. The van der Waals surface area contributed by atoms with E-state index in [9.17, 15) is 4.79 Å². The Kier molecular flexibility index (Phi) is 5.86. The van der Waals surface area contributed by atoms with Crippen molar-refractivity contribution in [3.8, 4) is 5.75 Å². The van der Waals surface area contributed by atoms with Crippen molar-refractivity contribution in [3.05, 3.63) is 95.8 Å².